The Bertz CT molecular complexity index is 777. The average molecular weight is 368 g/mol. The molecule has 1 aliphatic rings. The van der Waals surface area contributed by atoms with Crippen molar-refractivity contribution in [2.45, 2.75) is 40.0 Å². The first-order valence-electron chi connectivity index (χ1n) is 9.59. The molecule has 0 spiro atoms. The van der Waals surface area contributed by atoms with Crippen LogP contribution in [0.4, 0.5) is 0 Å². The first-order chi connectivity index (χ1) is 13.1. The molecule has 3 rings (SSSR count). The number of rotatable bonds is 5. The van der Waals surface area contributed by atoms with Crippen molar-refractivity contribution in [3.05, 3.63) is 53.6 Å². The van der Waals surface area contributed by atoms with Crippen molar-refractivity contribution >= 4 is 11.8 Å². The van der Waals surface area contributed by atoms with Gasteiger partial charge in [-0.25, -0.2) is 0 Å². The van der Waals surface area contributed by atoms with Gasteiger partial charge in [-0.3, -0.25) is 9.59 Å². The van der Waals surface area contributed by atoms with E-state index in [4.69, 9.17) is 9.47 Å². The number of carbonyl (C=O) groups is 2. The third kappa shape index (κ3) is 4.97. The summed E-state index contributed by atoms with van der Waals surface area (Å²) in [7, 11) is 1.65. The van der Waals surface area contributed by atoms with E-state index in [1.165, 1.54) is 0 Å². The van der Waals surface area contributed by atoms with Gasteiger partial charge in [0.2, 0.25) is 0 Å². The number of Topliss-reactive ketones (excluding diaryl/α,β-unsaturated/α-hetero) is 1. The number of benzene rings is 2. The number of aryl methyl sites for hydroxylation is 1. The highest BCUT2D eigenvalue weighted by Crippen LogP contribution is 2.32. The lowest BCUT2D eigenvalue weighted by Crippen LogP contribution is -2.25. The molecule has 2 aromatic carbocycles. The Balaban J connectivity index is 0.00000126. The molecular formula is C23H28O4. The molecule has 144 valence electrons. The van der Waals surface area contributed by atoms with Crippen molar-refractivity contribution in [2.75, 3.05) is 13.7 Å². The molecule has 2 aromatic rings. The molecule has 1 unspecified atom stereocenters. The Hall–Kier alpha value is -2.62. The average Bonchev–Trinajstić information content (AvgIpc) is 2.71. The summed E-state index contributed by atoms with van der Waals surface area (Å²) in [4.78, 5) is 24.3. The molecule has 0 saturated carbocycles. The van der Waals surface area contributed by atoms with E-state index >= 15 is 0 Å². The summed E-state index contributed by atoms with van der Waals surface area (Å²) in [6, 6.07) is 13.8. The van der Waals surface area contributed by atoms with Crippen LogP contribution in [0.3, 0.4) is 0 Å². The van der Waals surface area contributed by atoms with Crippen LogP contribution in [0, 0.1) is 5.92 Å². The second kappa shape index (κ2) is 9.91. The van der Waals surface area contributed by atoms with Crippen molar-refractivity contribution in [3.8, 4) is 16.9 Å². The van der Waals surface area contributed by atoms with E-state index in [2.05, 4.69) is 6.07 Å². The minimum atomic E-state index is -0.292. The second-order valence-corrected chi connectivity index (χ2v) is 6.21. The SMILES string of the molecule is CC.CCOC(=O)CC1CCc2cc(-c3ccc(OC)cc3)ccc2C1=O. The van der Waals surface area contributed by atoms with E-state index in [1.807, 2.05) is 50.2 Å². The third-order valence-electron chi connectivity index (χ3n) is 4.65. The zero-order chi connectivity index (χ0) is 19.8. The van der Waals surface area contributed by atoms with Crippen LogP contribution in [-0.4, -0.2) is 25.5 Å². The number of methoxy groups -OCH3 is 1. The van der Waals surface area contributed by atoms with Gasteiger partial charge < -0.3 is 9.47 Å². The summed E-state index contributed by atoms with van der Waals surface area (Å²) in [5.41, 5.74) is 3.96. The topological polar surface area (TPSA) is 52.6 Å². The van der Waals surface area contributed by atoms with E-state index in [0.29, 0.717) is 13.0 Å². The summed E-state index contributed by atoms with van der Waals surface area (Å²) in [6.45, 7) is 6.12. The van der Waals surface area contributed by atoms with E-state index < -0.39 is 0 Å². The van der Waals surface area contributed by atoms with E-state index in [0.717, 1.165) is 34.4 Å². The fourth-order valence-corrected chi connectivity index (χ4v) is 3.30. The number of carbonyl (C=O) groups excluding carboxylic acids is 2. The highest BCUT2D eigenvalue weighted by Gasteiger charge is 2.29. The maximum atomic E-state index is 12.7. The van der Waals surface area contributed by atoms with Crippen LogP contribution in [-0.2, 0) is 16.0 Å². The summed E-state index contributed by atoms with van der Waals surface area (Å²) >= 11 is 0. The lowest BCUT2D eigenvalue weighted by Gasteiger charge is -2.23. The summed E-state index contributed by atoms with van der Waals surface area (Å²) < 4.78 is 10.2. The Morgan fingerprint density at radius 3 is 2.37 bits per heavy atom. The van der Waals surface area contributed by atoms with Crippen LogP contribution in [0.2, 0.25) is 0 Å². The van der Waals surface area contributed by atoms with Gasteiger partial charge in [0.1, 0.15) is 5.75 Å². The van der Waals surface area contributed by atoms with Gasteiger partial charge in [-0.05, 0) is 48.6 Å². The van der Waals surface area contributed by atoms with Gasteiger partial charge in [0.05, 0.1) is 20.1 Å². The fraction of sp³-hybridized carbons (Fsp3) is 0.391. The number of esters is 1. The van der Waals surface area contributed by atoms with Crippen LogP contribution in [0.15, 0.2) is 42.5 Å². The predicted molar refractivity (Wildman–Crippen MR) is 107 cm³/mol. The van der Waals surface area contributed by atoms with Crippen molar-refractivity contribution in [2.24, 2.45) is 5.92 Å². The molecule has 0 bridgehead atoms. The highest BCUT2D eigenvalue weighted by atomic mass is 16.5. The maximum Gasteiger partial charge on any atom is 0.306 e. The van der Waals surface area contributed by atoms with Crippen LogP contribution in [0.1, 0.15) is 49.5 Å². The van der Waals surface area contributed by atoms with Crippen LogP contribution in [0.25, 0.3) is 11.1 Å². The molecule has 0 fully saturated rings. The minimum Gasteiger partial charge on any atom is -0.497 e. The molecule has 1 atom stereocenters. The Kier molecular flexibility index (Phi) is 7.59. The van der Waals surface area contributed by atoms with Gasteiger partial charge in [-0.1, -0.05) is 44.2 Å². The Morgan fingerprint density at radius 1 is 1.07 bits per heavy atom. The molecule has 27 heavy (non-hydrogen) atoms. The van der Waals surface area contributed by atoms with Crippen molar-refractivity contribution in [1.82, 2.24) is 0 Å². The molecule has 0 aromatic heterocycles. The number of hydrogen-bond acceptors (Lipinski definition) is 4. The van der Waals surface area contributed by atoms with Crippen LogP contribution >= 0.6 is 0 Å². The number of ketones is 1. The van der Waals surface area contributed by atoms with Gasteiger partial charge in [-0.2, -0.15) is 0 Å². The molecule has 4 nitrogen and oxygen atoms in total. The third-order valence-corrected chi connectivity index (χ3v) is 4.65. The normalized spacial score (nSPS) is 15.3. The Labute approximate surface area is 161 Å². The maximum absolute atomic E-state index is 12.7. The van der Waals surface area contributed by atoms with Gasteiger partial charge in [0, 0.05) is 11.5 Å². The molecule has 0 amide bonds. The van der Waals surface area contributed by atoms with Crippen LogP contribution in [0.5, 0.6) is 5.75 Å². The zero-order valence-electron chi connectivity index (χ0n) is 16.6. The first-order valence-corrected chi connectivity index (χ1v) is 9.59. The largest absolute Gasteiger partial charge is 0.497 e. The molecule has 0 aliphatic heterocycles. The van der Waals surface area contributed by atoms with Crippen LogP contribution < -0.4 is 4.74 Å². The monoisotopic (exact) mass is 368 g/mol. The second-order valence-electron chi connectivity index (χ2n) is 6.21. The predicted octanol–water partition coefficient (Wildman–Crippen LogP) is 5.09. The van der Waals surface area contributed by atoms with Gasteiger partial charge in [0.25, 0.3) is 0 Å². The zero-order valence-corrected chi connectivity index (χ0v) is 16.6. The lowest BCUT2D eigenvalue weighted by atomic mass is 9.80. The first kappa shape index (κ1) is 20.7. The lowest BCUT2D eigenvalue weighted by molar-refractivity contribution is -0.144. The molecule has 1 aliphatic carbocycles. The molecule has 0 radical (unpaired) electrons. The molecule has 4 heteroatoms. The number of ether oxygens (including phenoxy) is 2. The van der Waals surface area contributed by atoms with E-state index in [-0.39, 0.29) is 24.1 Å². The molecular weight excluding hydrogens is 340 g/mol. The van der Waals surface area contributed by atoms with E-state index in [1.54, 1.807) is 14.0 Å². The molecule has 0 heterocycles. The number of hydrogen-bond donors (Lipinski definition) is 0. The van der Waals surface area contributed by atoms with Crippen molar-refractivity contribution in [1.29, 1.82) is 0 Å². The van der Waals surface area contributed by atoms with Gasteiger partial charge in [0.15, 0.2) is 5.78 Å². The fourth-order valence-electron chi connectivity index (χ4n) is 3.30. The van der Waals surface area contributed by atoms with Crippen molar-refractivity contribution < 1.29 is 19.1 Å². The summed E-state index contributed by atoms with van der Waals surface area (Å²) in [6.07, 6.45) is 1.66. The van der Waals surface area contributed by atoms with Gasteiger partial charge in [-0.15, -0.1) is 0 Å². The molecule has 0 saturated heterocycles. The quantitative estimate of drug-likeness (QED) is 0.690. The Morgan fingerprint density at radius 2 is 1.74 bits per heavy atom. The highest BCUT2D eigenvalue weighted by molar-refractivity contribution is 6.02. The van der Waals surface area contributed by atoms with Crippen molar-refractivity contribution in [3.63, 3.8) is 0 Å². The standard InChI is InChI=1S/C21H22O4.C2H6/c1-3-25-20(22)13-17-5-4-16-12-15(8-11-19(16)21(17)23)14-6-9-18(24-2)10-7-14;1-2/h6-12,17H,3-5,13H2,1-2H3;1-2H3. The smallest absolute Gasteiger partial charge is 0.306 e. The van der Waals surface area contributed by atoms with E-state index in [9.17, 15) is 9.59 Å². The molecule has 0 N–H and O–H groups in total. The summed E-state index contributed by atoms with van der Waals surface area (Å²) in [5, 5.41) is 0. The minimum absolute atomic E-state index is 0.0515. The van der Waals surface area contributed by atoms with Gasteiger partial charge >= 0.3 is 5.97 Å². The number of fused-ring (bicyclic) bond motifs is 1. The summed E-state index contributed by atoms with van der Waals surface area (Å²) in [5.74, 6) is 0.312.